The number of hydrogen-bond donors (Lipinski definition) is 0. The second kappa shape index (κ2) is 8.64. The number of amides is 1. The van der Waals surface area contributed by atoms with Gasteiger partial charge in [0.15, 0.2) is 0 Å². The summed E-state index contributed by atoms with van der Waals surface area (Å²) in [5, 5.41) is 1.83. The van der Waals surface area contributed by atoms with E-state index < -0.39 is 10.0 Å². The van der Waals surface area contributed by atoms with E-state index in [2.05, 4.69) is 0 Å². The molecule has 1 amide bonds. The lowest BCUT2D eigenvalue weighted by Gasteiger charge is -2.26. The van der Waals surface area contributed by atoms with Crippen LogP contribution in [-0.4, -0.2) is 42.8 Å². The van der Waals surface area contributed by atoms with Gasteiger partial charge in [-0.1, -0.05) is 17.8 Å². The normalized spacial score (nSPS) is 17.3. The third kappa shape index (κ3) is 4.10. The zero-order valence-electron chi connectivity index (χ0n) is 17.2. The van der Waals surface area contributed by atoms with Crippen molar-refractivity contribution in [3.8, 4) is 0 Å². The Hall–Kier alpha value is -1.97. The van der Waals surface area contributed by atoms with Gasteiger partial charge in [0.25, 0.3) is 0 Å². The molecule has 2 aliphatic heterocycles. The van der Waals surface area contributed by atoms with Gasteiger partial charge >= 0.3 is 4.87 Å². The van der Waals surface area contributed by atoms with Gasteiger partial charge in [-0.05, 0) is 56.4 Å². The minimum absolute atomic E-state index is 0.00825. The SMILES string of the molecule is Cc1csc(=O)n1CCCC(=O)N1CCc2cc(S(=O)(=O)N3CCCCC3)ccc21. The zero-order valence-corrected chi connectivity index (χ0v) is 18.8. The van der Waals surface area contributed by atoms with E-state index in [1.165, 1.54) is 11.3 Å². The number of benzene rings is 1. The van der Waals surface area contributed by atoms with E-state index in [1.807, 2.05) is 12.3 Å². The molecule has 0 unspecified atom stereocenters. The molecule has 1 fully saturated rings. The lowest BCUT2D eigenvalue weighted by molar-refractivity contribution is -0.118. The van der Waals surface area contributed by atoms with Crippen molar-refractivity contribution in [2.24, 2.45) is 0 Å². The molecule has 9 heteroatoms. The van der Waals surface area contributed by atoms with Gasteiger partial charge in [-0.25, -0.2) is 8.42 Å². The molecule has 1 aromatic heterocycles. The standard InChI is InChI=1S/C21H27N3O4S2/c1-16-15-29-21(26)23(16)12-5-6-20(25)24-13-9-17-14-18(7-8-19(17)24)30(27,28)22-10-3-2-4-11-22/h7-8,14-15H,2-6,9-13H2,1H3. The van der Waals surface area contributed by atoms with E-state index in [4.69, 9.17) is 0 Å². The van der Waals surface area contributed by atoms with Crippen molar-refractivity contribution in [3.63, 3.8) is 0 Å². The second-order valence-electron chi connectivity index (χ2n) is 7.95. The Bertz CT molecular complexity index is 1100. The van der Waals surface area contributed by atoms with Gasteiger partial charge in [0.1, 0.15) is 0 Å². The van der Waals surface area contributed by atoms with Gasteiger partial charge in [-0.15, -0.1) is 0 Å². The maximum absolute atomic E-state index is 12.9. The van der Waals surface area contributed by atoms with Crippen LogP contribution in [0, 0.1) is 6.92 Å². The topological polar surface area (TPSA) is 79.7 Å². The number of rotatable bonds is 6. The lowest BCUT2D eigenvalue weighted by atomic mass is 10.2. The number of hydrogen-bond acceptors (Lipinski definition) is 5. The minimum Gasteiger partial charge on any atom is -0.312 e. The first kappa shape index (κ1) is 21.3. The van der Waals surface area contributed by atoms with Crippen molar-refractivity contribution in [1.29, 1.82) is 0 Å². The summed E-state index contributed by atoms with van der Waals surface area (Å²) >= 11 is 1.18. The molecule has 4 rings (SSSR count). The molecule has 3 heterocycles. The fourth-order valence-electron chi connectivity index (χ4n) is 4.25. The van der Waals surface area contributed by atoms with Crippen molar-refractivity contribution in [2.75, 3.05) is 24.5 Å². The summed E-state index contributed by atoms with van der Waals surface area (Å²) in [6.07, 6.45) is 4.51. The number of fused-ring (bicyclic) bond motifs is 1. The summed E-state index contributed by atoms with van der Waals surface area (Å²) in [7, 11) is -3.47. The molecule has 2 aromatic rings. The number of anilines is 1. The molecule has 1 saturated heterocycles. The number of piperidine rings is 1. The first-order chi connectivity index (χ1) is 14.4. The van der Waals surface area contributed by atoms with Gasteiger partial charge in [0, 0.05) is 49.4 Å². The Labute approximate surface area is 181 Å². The van der Waals surface area contributed by atoms with Crippen LogP contribution in [0.25, 0.3) is 0 Å². The average molecular weight is 450 g/mol. The smallest absolute Gasteiger partial charge is 0.307 e. The molecule has 30 heavy (non-hydrogen) atoms. The van der Waals surface area contributed by atoms with Crippen LogP contribution in [0.5, 0.6) is 0 Å². The number of carbonyl (C=O) groups is 1. The van der Waals surface area contributed by atoms with E-state index in [9.17, 15) is 18.0 Å². The van der Waals surface area contributed by atoms with E-state index >= 15 is 0 Å². The van der Waals surface area contributed by atoms with Crippen LogP contribution in [0.3, 0.4) is 0 Å². The van der Waals surface area contributed by atoms with Crippen molar-refractivity contribution < 1.29 is 13.2 Å². The maximum Gasteiger partial charge on any atom is 0.307 e. The molecular formula is C21H27N3O4S2. The molecule has 0 saturated carbocycles. The zero-order chi connectivity index (χ0) is 21.3. The Morgan fingerprint density at radius 2 is 1.90 bits per heavy atom. The Morgan fingerprint density at radius 3 is 2.60 bits per heavy atom. The van der Waals surface area contributed by atoms with Crippen molar-refractivity contribution in [3.05, 3.63) is 44.5 Å². The molecule has 0 bridgehead atoms. The summed E-state index contributed by atoms with van der Waals surface area (Å²) in [5.74, 6) is 0.0151. The van der Waals surface area contributed by atoms with Crippen molar-refractivity contribution >= 4 is 33.0 Å². The van der Waals surface area contributed by atoms with E-state index in [0.717, 1.165) is 36.2 Å². The summed E-state index contributed by atoms with van der Waals surface area (Å²) in [4.78, 5) is 26.6. The van der Waals surface area contributed by atoms with Crippen molar-refractivity contribution in [2.45, 2.75) is 56.9 Å². The number of carbonyl (C=O) groups excluding carboxylic acids is 1. The highest BCUT2D eigenvalue weighted by Crippen LogP contribution is 2.32. The van der Waals surface area contributed by atoms with Crippen molar-refractivity contribution in [1.82, 2.24) is 8.87 Å². The summed E-state index contributed by atoms with van der Waals surface area (Å²) < 4.78 is 29.1. The van der Waals surface area contributed by atoms with E-state index in [-0.39, 0.29) is 10.8 Å². The van der Waals surface area contributed by atoms with Gasteiger partial charge in [0.05, 0.1) is 4.90 Å². The Balaban J connectivity index is 1.43. The van der Waals surface area contributed by atoms with Gasteiger partial charge in [-0.3, -0.25) is 9.59 Å². The largest absolute Gasteiger partial charge is 0.312 e. The highest BCUT2D eigenvalue weighted by Gasteiger charge is 2.29. The highest BCUT2D eigenvalue weighted by molar-refractivity contribution is 7.89. The van der Waals surface area contributed by atoms with Crippen LogP contribution in [0.4, 0.5) is 5.69 Å². The molecule has 1 aromatic carbocycles. The summed E-state index contributed by atoms with van der Waals surface area (Å²) in [6, 6.07) is 5.13. The number of thiazole rings is 1. The maximum atomic E-state index is 12.9. The molecular weight excluding hydrogens is 422 g/mol. The number of nitrogens with zero attached hydrogens (tertiary/aromatic N) is 3. The van der Waals surface area contributed by atoms with Crippen LogP contribution < -0.4 is 9.77 Å². The predicted molar refractivity (Wildman–Crippen MR) is 118 cm³/mol. The quantitative estimate of drug-likeness (QED) is 0.679. The highest BCUT2D eigenvalue weighted by atomic mass is 32.2. The molecule has 0 spiro atoms. The van der Waals surface area contributed by atoms with Crippen LogP contribution in [0.1, 0.15) is 43.4 Å². The summed E-state index contributed by atoms with van der Waals surface area (Å²) in [6.45, 7) is 4.16. The van der Waals surface area contributed by atoms with Crippen LogP contribution in [0.2, 0.25) is 0 Å². The van der Waals surface area contributed by atoms with Crippen LogP contribution in [-0.2, 0) is 27.8 Å². The average Bonchev–Trinajstić information content (AvgIpc) is 3.32. The molecule has 162 valence electrons. The first-order valence-corrected chi connectivity index (χ1v) is 12.8. The summed E-state index contributed by atoms with van der Waals surface area (Å²) in [5.41, 5.74) is 2.64. The van der Waals surface area contributed by atoms with E-state index in [1.54, 1.807) is 32.0 Å². The van der Waals surface area contributed by atoms with Crippen LogP contribution >= 0.6 is 11.3 Å². The fourth-order valence-corrected chi connectivity index (χ4v) is 6.58. The molecule has 0 atom stereocenters. The lowest BCUT2D eigenvalue weighted by Crippen LogP contribution is -2.35. The number of sulfonamides is 1. The Morgan fingerprint density at radius 1 is 1.13 bits per heavy atom. The molecule has 0 aliphatic carbocycles. The minimum atomic E-state index is -3.47. The molecule has 0 radical (unpaired) electrons. The molecule has 2 aliphatic rings. The fraction of sp³-hybridized carbons (Fsp3) is 0.524. The second-order valence-corrected chi connectivity index (χ2v) is 10.7. The van der Waals surface area contributed by atoms with Gasteiger partial charge < -0.3 is 9.47 Å². The molecule has 7 nitrogen and oxygen atoms in total. The van der Waals surface area contributed by atoms with Crippen LogP contribution in [0.15, 0.2) is 33.3 Å². The Kier molecular flexibility index (Phi) is 6.13. The number of aromatic nitrogens is 1. The first-order valence-electron chi connectivity index (χ1n) is 10.5. The third-order valence-electron chi connectivity index (χ3n) is 5.95. The number of aryl methyl sites for hydroxylation is 1. The van der Waals surface area contributed by atoms with Gasteiger partial charge in [0.2, 0.25) is 15.9 Å². The van der Waals surface area contributed by atoms with Gasteiger partial charge in [-0.2, -0.15) is 4.31 Å². The molecule has 0 N–H and O–H groups in total. The monoisotopic (exact) mass is 449 g/mol. The van der Waals surface area contributed by atoms with E-state index in [0.29, 0.717) is 50.3 Å². The predicted octanol–water partition coefficient (Wildman–Crippen LogP) is 2.76. The third-order valence-corrected chi connectivity index (χ3v) is 8.72.